The number of nitrogens with one attached hydrogen (secondary N) is 2. The number of hydrogen-bond acceptors (Lipinski definition) is 14. The maximum absolute atomic E-state index is 12.2. The van der Waals surface area contributed by atoms with Gasteiger partial charge in [0.25, 0.3) is 0 Å². The van der Waals surface area contributed by atoms with Crippen LogP contribution in [0.5, 0.6) is 0 Å². The average molecular weight is 990 g/mol. The molecule has 2 fully saturated rings. The first-order valence-corrected chi connectivity index (χ1v) is 31.4. The maximum atomic E-state index is 12.2. The fraction of sp³-hybridized carbons (Fsp3) is 0.488. The van der Waals surface area contributed by atoms with Gasteiger partial charge in [0.1, 0.15) is 11.2 Å². The van der Waals surface area contributed by atoms with Crippen molar-refractivity contribution >= 4 is 79.2 Å². The summed E-state index contributed by atoms with van der Waals surface area (Å²) < 4.78 is 12.4. The van der Waals surface area contributed by atoms with Gasteiger partial charge in [-0.3, -0.25) is 5.10 Å². The molecule has 2 aliphatic heterocycles. The van der Waals surface area contributed by atoms with Crippen LogP contribution in [-0.2, 0) is 9.47 Å². The molecule has 0 aliphatic carbocycles. The topological polar surface area (TPSA) is 200 Å². The van der Waals surface area contributed by atoms with Gasteiger partial charge in [-0.25, -0.2) is 14.6 Å². The number of hydrogen-bond donors (Lipinski definition) is 2. The quantitative estimate of drug-likeness (QED) is 0.175. The van der Waals surface area contributed by atoms with Crippen LogP contribution >= 0.6 is 11.6 Å². The van der Waals surface area contributed by atoms with Gasteiger partial charge in [-0.2, -0.15) is 20.3 Å². The van der Waals surface area contributed by atoms with Crippen molar-refractivity contribution < 1.29 is 19.1 Å². The molecule has 0 bridgehead atoms. The van der Waals surface area contributed by atoms with Gasteiger partial charge in [0.15, 0.2) is 17.5 Å². The number of halogens is 1. The van der Waals surface area contributed by atoms with Crippen LogP contribution in [0.1, 0.15) is 52.9 Å². The number of carbonyl (C=O) groups is 2. The van der Waals surface area contributed by atoms with Crippen LogP contribution in [0.4, 0.5) is 21.2 Å². The Kier molecular flexibility index (Phi) is 14.6. The minimum absolute atomic E-state index is 0.122. The second kappa shape index (κ2) is 19.6. The molecule has 4 aromatic heterocycles. The Morgan fingerprint density at radius 1 is 0.651 bits per heavy atom. The molecule has 2 aromatic carbocycles. The number of carbonyl (C=O) groups excluding carboxylic acids is 2. The summed E-state index contributed by atoms with van der Waals surface area (Å²) in [4.78, 5) is 47.9. The number of H-pyrrole nitrogens is 2. The minimum Gasteiger partial charge on any atom is -0.444 e. The van der Waals surface area contributed by atoms with Crippen LogP contribution in [0.15, 0.2) is 48.8 Å². The Balaban J connectivity index is 0.000000169. The van der Waals surface area contributed by atoms with E-state index in [1.54, 1.807) is 25.8 Å². The van der Waals surface area contributed by atoms with Crippen molar-refractivity contribution in [3.8, 4) is 11.4 Å². The number of nitrogens with zero attached hydrogens (tertiary/aromatic N) is 12. The van der Waals surface area contributed by atoms with Crippen molar-refractivity contribution in [3.05, 3.63) is 65.5 Å². The van der Waals surface area contributed by atoms with Crippen LogP contribution in [0, 0.1) is 13.8 Å². The number of aryl methyl sites for hydroxylation is 2. The molecule has 0 saturated carbocycles. The molecule has 8 rings (SSSR count). The molecule has 2 aliphatic rings. The predicted octanol–water partition coefficient (Wildman–Crippen LogP) is 6.78. The van der Waals surface area contributed by atoms with E-state index in [2.05, 4.69) is 90.6 Å². The van der Waals surface area contributed by atoms with E-state index in [1.165, 1.54) is 11.1 Å². The Morgan fingerprint density at radius 2 is 1.11 bits per heavy atom. The van der Waals surface area contributed by atoms with E-state index in [1.807, 2.05) is 71.6 Å². The fourth-order valence-corrected chi connectivity index (χ4v) is 10.2. The molecule has 2 amide bonds. The third-order valence-corrected chi connectivity index (χ3v) is 16.2. The molecule has 0 unspecified atom stereocenters. The molecular weight excluding hydrogens is 931 g/mol. The first-order chi connectivity index (χ1) is 29.6. The smallest absolute Gasteiger partial charge is 0.410 e. The van der Waals surface area contributed by atoms with E-state index < -0.39 is 29.6 Å². The SMILES string of the molecule is CC(C)(C)OC(=O)N1CCN(c2cnnc(Cl)n2)CC1.Cc1[nH]nc2cc[c]([Sn]([CH3])([CH3])[CH3])cc12.Cc1[nH]nc2ccc(-c3nncc(N4CCN(C(=O)OC(C)(C)C)CC4)n3)cc12. The van der Waals surface area contributed by atoms with Crippen molar-refractivity contribution in [1.29, 1.82) is 0 Å². The van der Waals surface area contributed by atoms with Gasteiger partial charge < -0.3 is 29.1 Å². The van der Waals surface area contributed by atoms with Gasteiger partial charge in [0.2, 0.25) is 5.28 Å². The molecule has 6 aromatic rings. The number of anilines is 2. The predicted molar refractivity (Wildman–Crippen MR) is 248 cm³/mol. The number of piperazine rings is 2. The van der Waals surface area contributed by atoms with E-state index in [0.29, 0.717) is 64.0 Å². The van der Waals surface area contributed by atoms with Crippen molar-refractivity contribution in [3.63, 3.8) is 0 Å². The molecule has 20 heteroatoms. The van der Waals surface area contributed by atoms with E-state index in [0.717, 1.165) is 33.5 Å². The monoisotopic (exact) mass is 990 g/mol. The first-order valence-electron chi connectivity index (χ1n) is 21.0. The van der Waals surface area contributed by atoms with Crippen molar-refractivity contribution in [2.45, 2.75) is 81.4 Å². The van der Waals surface area contributed by atoms with Crippen LogP contribution < -0.4 is 13.4 Å². The molecule has 63 heavy (non-hydrogen) atoms. The standard InChI is InChI=1S/C20H25N7O2.C12H18ClN5O2.C8H7N2.3CH3.Sn/c1-13-15-11-14(5-6-16(15)24-23-13)18-22-17(12-21-25-18)26-7-9-27(10-8-26)19(28)29-20(2,3)4;1-12(2,3)20-11(19)18-6-4-17(5-7-18)9-8-14-16-10(13)15-9;1-6-7-4-2-3-5-8(7)10-9-6;;;;/h5-6,11-12H,7-10H2,1-4H3,(H,23,24);8H,4-7H2,1-3H3;3-5H,1H3,(H,9,10);3*1H3;. The zero-order chi connectivity index (χ0) is 45.7. The minimum atomic E-state index is -1.90. The summed E-state index contributed by atoms with van der Waals surface area (Å²) in [6.45, 7) is 20.2. The van der Waals surface area contributed by atoms with Gasteiger partial charge in [-0.15, -0.1) is 10.2 Å². The van der Waals surface area contributed by atoms with Crippen LogP contribution in [-0.4, -0.2) is 155 Å². The van der Waals surface area contributed by atoms with Crippen molar-refractivity contribution in [2.75, 3.05) is 62.2 Å². The molecular formula is C43H59ClN14O4Sn. The van der Waals surface area contributed by atoms with E-state index in [9.17, 15) is 9.59 Å². The van der Waals surface area contributed by atoms with Crippen molar-refractivity contribution in [2.24, 2.45) is 0 Å². The van der Waals surface area contributed by atoms with Gasteiger partial charge in [-0.05, 0) is 78.3 Å². The number of benzene rings is 2. The first kappa shape index (κ1) is 47.1. The van der Waals surface area contributed by atoms with Crippen LogP contribution in [0.2, 0.25) is 20.1 Å². The average Bonchev–Trinajstić information content (AvgIpc) is 3.80. The van der Waals surface area contributed by atoms with E-state index in [4.69, 9.17) is 26.1 Å². The molecule has 0 radical (unpaired) electrons. The molecule has 0 spiro atoms. The Morgan fingerprint density at radius 3 is 1.59 bits per heavy atom. The van der Waals surface area contributed by atoms with Crippen molar-refractivity contribution in [1.82, 2.24) is 60.6 Å². The molecule has 18 nitrogen and oxygen atoms in total. The molecule has 336 valence electrons. The summed E-state index contributed by atoms with van der Waals surface area (Å²) in [5, 5.41) is 32.7. The van der Waals surface area contributed by atoms with Gasteiger partial charge in [0, 0.05) is 69.0 Å². The molecule has 6 heterocycles. The third-order valence-electron chi connectivity index (χ3n) is 10.2. The summed E-state index contributed by atoms with van der Waals surface area (Å²) in [5.41, 5.74) is 4.10. The second-order valence-electron chi connectivity index (χ2n) is 18.5. The number of aromatic amines is 2. The number of fused-ring (bicyclic) bond motifs is 2. The Labute approximate surface area is 377 Å². The largest absolute Gasteiger partial charge is 0.444 e. The van der Waals surface area contributed by atoms with E-state index in [-0.39, 0.29) is 17.5 Å². The fourth-order valence-electron chi connectivity index (χ4n) is 6.77. The summed E-state index contributed by atoms with van der Waals surface area (Å²) >= 11 is 3.82. The number of amides is 2. The van der Waals surface area contributed by atoms with Crippen LogP contribution in [0.3, 0.4) is 0 Å². The van der Waals surface area contributed by atoms with Crippen LogP contribution in [0.25, 0.3) is 33.2 Å². The molecule has 2 saturated heterocycles. The third kappa shape index (κ3) is 12.9. The number of ether oxygens (including phenoxy) is 2. The summed E-state index contributed by atoms with van der Waals surface area (Å²) in [5.74, 6) is 2.00. The van der Waals surface area contributed by atoms with Gasteiger partial charge in [-0.1, -0.05) is 0 Å². The molecule has 0 atom stereocenters. The zero-order valence-corrected chi connectivity index (χ0v) is 41.8. The summed E-state index contributed by atoms with van der Waals surface area (Å²) in [7, 11) is 0. The number of rotatable bonds is 4. The second-order valence-corrected chi connectivity index (χ2v) is 33.4. The summed E-state index contributed by atoms with van der Waals surface area (Å²) in [6.07, 6.45) is 2.67. The summed E-state index contributed by atoms with van der Waals surface area (Å²) in [6, 6.07) is 12.6. The maximum Gasteiger partial charge on any atom is 0.410 e. The van der Waals surface area contributed by atoms with Gasteiger partial charge >= 0.3 is 101 Å². The Hall–Kier alpha value is -5.37. The molecule has 2 N–H and O–H groups in total. The zero-order valence-electron chi connectivity index (χ0n) is 38.2. The number of aromatic nitrogens is 10. The van der Waals surface area contributed by atoms with E-state index >= 15 is 0 Å². The normalized spacial score (nSPS) is 14.8. The van der Waals surface area contributed by atoms with Gasteiger partial charge in [0.05, 0.1) is 17.9 Å². The Bertz CT molecular complexity index is 2510.